The second-order valence-electron chi connectivity index (χ2n) is 7.50. The van der Waals surface area contributed by atoms with Gasteiger partial charge in [-0.15, -0.1) is 0 Å². The summed E-state index contributed by atoms with van der Waals surface area (Å²) in [4.78, 5) is 49.6. The van der Waals surface area contributed by atoms with Crippen molar-refractivity contribution in [1.29, 1.82) is 0 Å². The van der Waals surface area contributed by atoms with Gasteiger partial charge in [0.1, 0.15) is 0 Å². The molecule has 0 radical (unpaired) electrons. The average Bonchev–Trinajstić information content (AvgIpc) is 3.13. The van der Waals surface area contributed by atoms with E-state index in [1.54, 1.807) is 18.2 Å². The number of rotatable bonds is 7. The summed E-state index contributed by atoms with van der Waals surface area (Å²) in [6, 6.07) is 17.4. The molecule has 0 saturated carbocycles. The number of imide groups is 1. The molecule has 3 aromatic carbocycles. The zero-order chi connectivity index (χ0) is 25.8. The predicted octanol–water partition coefficient (Wildman–Crippen LogP) is 5.66. The van der Waals surface area contributed by atoms with Crippen LogP contribution in [0.3, 0.4) is 0 Å². The van der Waals surface area contributed by atoms with Crippen LogP contribution in [0.5, 0.6) is 11.5 Å². The minimum atomic E-state index is -0.790. The first kappa shape index (κ1) is 25.4. The average molecular weight is 616 g/mol. The van der Waals surface area contributed by atoms with Gasteiger partial charge in [0.2, 0.25) is 0 Å². The van der Waals surface area contributed by atoms with E-state index >= 15 is 0 Å². The summed E-state index contributed by atoms with van der Waals surface area (Å²) in [5, 5.41) is 10.6. The van der Waals surface area contributed by atoms with Crippen LogP contribution in [0, 0.1) is 13.7 Å². The Kier molecular flexibility index (Phi) is 7.70. The highest BCUT2D eigenvalue weighted by atomic mass is 127. The maximum Gasteiger partial charge on any atom is 0.343 e. The molecule has 0 unspecified atom stereocenters. The maximum absolute atomic E-state index is 12.9. The molecule has 0 N–H and O–H groups in total. The molecule has 3 aromatic rings. The summed E-state index contributed by atoms with van der Waals surface area (Å²) in [7, 11) is 1.39. The van der Waals surface area contributed by atoms with Gasteiger partial charge in [0, 0.05) is 15.7 Å². The summed E-state index contributed by atoms with van der Waals surface area (Å²) >= 11 is 3.03. The normalized spacial score (nSPS) is 14.3. The lowest BCUT2D eigenvalue weighted by Crippen LogP contribution is -2.27. The van der Waals surface area contributed by atoms with Crippen LogP contribution in [0.25, 0.3) is 6.08 Å². The van der Waals surface area contributed by atoms with Crippen LogP contribution < -0.4 is 9.47 Å². The van der Waals surface area contributed by atoms with Crippen molar-refractivity contribution in [3.05, 3.63) is 102 Å². The molecule has 9 nitrogen and oxygen atoms in total. The molecule has 2 amide bonds. The third-order valence-corrected chi connectivity index (χ3v) is 6.73. The molecule has 11 heteroatoms. The number of nitrogens with zero attached hydrogens (tertiary/aromatic N) is 2. The highest BCUT2D eigenvalue weighted by molar-refractivity contribution is 14.1. The molecular weight excluding hydrogens is 599 g/mol. The van der Waals surface area contributed by atoms with Gasteiger partial charge in [-0.25, -0.2) is 4.79 Å². The van der Waals surface area contributed by atoms with Gasteiger partial charge in [0.25, 0.3) is 16.8 Å². The molecule has 1 heterocycles. The van der Waals surface area contributed by atoms with E-state index in [-0.39, 0.29) is 39.4 Å². The Bertz CT molecular complexity index is 1410. The fourth-order valence-corrected chi connectivity index (χ4v) is 4.52. The van der Waals surface area contributed by atoms with Crippen molar-refractivity contribution in [2.24, 2.45) is 0 Å². The van der Waals surface area contributed by atoms with Crippen molar-refractivity contribution in [2.75, 3.05) is 7.11 Å². The quantitative estimate of drug-likeness (QED) is 0.0834. The number of hydrogen-bond acceptors (Lipinski definition) is 8. The first-order valence-corrected chi connectivity index (χ1v) is 12.3. The predicted molar refractivity (Wildman–Crippen MR) is 142 cm³/mol. The number of non-ortho nitro benzene ring substituents is 1. The largest absolute Gasteiger partial charge is 0.493 e. The molecule has 0 aromatic heterocycles. The van der Waals surface area contributed by atoms with E-state index < -0.39 is 16.8 Å². The number of thioether (sulfide) groups is 1. The summed E-state index contributed by atoms with van der Waals surface area (Å²) in [6.45, 7) is 0.175. The summed E-state index contributed by atoms with van der Waals surface area (Å²) in [5.41, 5.74) is 1.18. The molecule has 0 aliphatic carbocycles. The van der Waals surface area contributed by atoms with Gasteiger partial charge < -0.3 is 9.47 Å². The highest BCUT2D eigenvalue weighted by Crippen LogP contribution is 2.35. The van der Waals surface area contributed by atoms with Gasteiger partial charge in [0.15, 0.2) is 11.5 Å². The van der Waals surface area contributed by atoms with E-state index in [1.165, 1.54) is 36.3 Å². The Labute approximate surface area is 223 Å². The third kappa shape index (κ3) is 5.74. The monoisotopic (exact) mass is 616 g/mol. The molecular formula is C25H17IN2O7S. The number of ether oxygens (including phenoxy) is 2. The number of hydrogen-bond donors (Lipinski definition) is 0. The van der Waals surface area contributed by atoms with E-state index in [0.29, 0.717) is 5.56 Å². The van der Waals surface area contributed by atoms with E-state index in [9.17, 15) is 24.5 Å². The smallest absolute Gasteiger partial charge is 0.343 e. The Balaban J connectivity index is 1.51. The number of amides is 2. The molecule has 1 aliphatic heterocycles. The van der Waals surface area contributed by atoms with Crippen molar-refractivity contribution in [3.8, 4) is 11.5 Å². The summed E-state index contributed by atoms with van der Waals surface area (Å²) in [5.74, 6) is -0.885. The number of benzene rings is 3. The van der Waals surface area contributed by atoms with Gasteiger partial charge in [-0.05, 0) is 81.9 Å². The molecule has 4 rings (SSSR count). The Morgan fingerprint density at radius 3 is 2.53 bits per heavy atom. The first-order valence-electron chi connectivity index (χ1n) is 10.4. The van der Waals surface area contributed by atoms with Crippen LogP contribution in [-0.4, -0.2) is 34.0 Å². The molecule has 1 fully saturated rings. The fraction of sp³-hybridized carbons (Fsp3) is 0.0800. The molecule has 0 bridgehead atoms. The molecule has 0 spiro atoms. The Hall–Kier alpha value is -3.71. The van der Waals surface area contributed by atoms with Crippen LogP contribution in [-0.2, 0) is 11.3 Å². The lowest BCUT2D eigenvalue weighted by Gasteiger charge is -2.12. The van der Waals surface area contributed by atoms with Gasteiger partial charge in [-0.1, -0.05) is 24.3 Å². The van der Waals surface area contributed by atoms with Gasteiger partial charge in [0.05, 0.1) is 29.0 Å². The Morgan fingerprint density at radius 2 is 1.83 bits per heavy atom. The standard InChI is InChI=1S/C25H17IN2O7S/c1-34-21-11-16(7-10-20(21)35-24(30)17-3-2-4-19(13-17)28(32)33)12-22-23(29)27(25(31)36-22)14-15-5-8-18(26)9-6-15/h2-13H,14H2,1H3/b22-12-. The van der Waals surface area contributed by atoms with Crippen molar-refractivity contribution in [1.82, 2.24) is 4.90 Å². The third-order valence-electron chi connectivity index (χ3n) is 5.11. The Morgan fingerprint density at radius 1 is 1.08 bits per heavy atom. The minimum absolute atomic E-state index is 0.0112. The number of esters is 1. The summed E-state index contributed by atoms with van der Waals surface area (Å²) < 4.78 is 11.7. The molecule has 0 atom stereocenters. The first-order chi connectivity index (χ1) is 17.2. The van der Waals surface area contributed by atoms with Gasteiger partial charge >= 0.3 is 5.97 Å². The number of halogens is 1. The number of nitro groups is 1. The number of nitro benzene ring substituents is 1. The lowest BCUT2D eigenvalue weighted by atomic mass is 10.1. The molecule has 182 valence electrons. The molecule has 1 aliphatic rings. The zero-order valence-electron chi connectivity index (χ0n) is 18.7. The second kappa shape index (κ2) is 10.9. The molecule has 1 saturated heterocycles. The maximum atomic E-state index is 12.9. The van der Waals surface area contributed by atoms with Crippen molar-refractivity contribution < 1.29 is 28.8 Å². The zero-order valence-corrected chi connectivity index (χ0v) is 21.6. The minimum Gasteiger partial charge on any atom is -0.493 e. The summed E-state index contributed by atoms with van der Waals surface area (Å²) in [6.07, 6.45) is 1.56. The number of methoxy groups -OCH3 is 1. The van der Waals surface area contributed by atoms with Crippen LogP contribution >= 0.6 is 34.4 Å². The van der Waals surface area contributed by atoms with Crippen molar-refractivity contribution >= 4 is 63.2 Å². The fourth-order valence-electron chi connectivity index (χ4n) is 3.32. The van der Waals surface area contributed by atoms with Crippen LogP contribution in [0.15, 0.2) is 71.6 Å². The highest BCUT2D eigenvalue weighted by Gasteiger charge is 2.35. The van der Waals surface area contributed by atoms with E-state index in [0.717, 1.165) is 27.0 Å². The van der Waals surface area contributed by atoms with Crippen molar-refractivity contribution in [2.45, 2.75) is 6.54 Å². The van der Waals surface area contributed by atoms with Gasteiger partial charge in [-0.2, -0.15) is 0 Å². The van der Waals surface area contributed by atoms with E-state index in [1.807, 2.05) is 24.3 Å². The van der Waals surface area contributed by atoms with Crippen LogP contribution in [0.2, 0.25) is 0 Å². The number of carbonyl (C=O) groups excluding carboxylic acids is 3. The number of carbonyl (C=O) groups is 3. The topological polar surface area (TPSA) is 116 Å². The van der Waals surface area contributed by atoms with E-state index in [4.69, 9.17) is 9.47 Å². The van der Waals surface area contributed by atoms with Crippen LogP contribution in [0.1, 0.15) is 21.5 Å². The molecule has 36 heavy (non-hydrogen) atoms. The van der Waals surface area contributed by atoms with E-state index in [2.05, 4.69) is 22.6 Å². The lowest BCUT2D eigenvalue weighted by molar-refractivity contribution is -0.384. The SMILES string of the molecule is COc1cc(/C=C2\SC(=O)N(Cc3ccc(I)cc3)C2=O)ccc1OC(=O)c1cccc([N+](=O)[O-])c1. The van der Waals surface area contributed by atoms with Crippen LogP contribution in [0.4, 0.5) is 10.5 Å². The van der Waals surface area contributed by atoms with Gasteiger partial charge in [-0.3, -0.25) is 24.6 Å². The second-order valence-corrected chi connectivity index (χ2v) is 9.74. The van der Waals surface area contributed by atoms with Crippen molar-refractivity contribution in [3.63, 3.8) is 0 Å².